The lowest BCUT2D eigenvalue weighted by molar-refractivity contribution is 0.838. The number of hydrogen-bond acceptors (Lipinski definition) is 1. The molecule has 1 aliphatic rings. The molecule has 0 aromatic rings. The molecule has 7 heavy (non-hydrogen) atoms. The van der Waals surface area contributed by atoms with Gasteiger partial charge in [0, 0.05) is 0 Å². The molecule has 0 fully saturated rings. The van der Waals surface area contributed by atoms with Gasteiger partial charge in [0.2, 0.25) is 0 Å². The van der Waals surface area contributed by atoms with E-state index in [9.17, 15) is 0 Å². The summed E-state index contributed by atoms with van der Waals surface area (Å²) in [4.78, 5) is 0. The first-order valence-corrected chi connectivity index (χ1v) is 2.36. The van der Waals surface area contributed by atoms with E-state index in [2.05, 4.69) is 17.5 Å². The van der Waals surface area contributed by atoms with Gasteiger partial charge in [-0.15, -0.1) is 0 Å². The van der Waals surface area contributed by atoms with Gasteiger partial charge >= 0.3 is 0 Å². The first-order chi connectivity index (χ1) is 3.43. The van der Waals surface area contributed by atoms with Crippen LogP contribution in [0.15, 0.2) is 16.9 Å². The third-order valence-corrected chi connectivity index (χ3v) is 0.882. The summed E-state index contributed by atoms with van der Waals surface area (Å²) < 4.78 is 0. The molecular weight excluding hydrogens is 88.1 g/mol. The molecule has 1 radical (unpaired) electrons. The Morgan fingerprint density at radius 1 is 1.71 bits per heavy atom. The quantitative estimate of drug-likeness (QED) is 0.462. The van der Waals surface area contributed by atoms with E-state index in [1.54, 1.807) is 6.21 Å². The Hall–Kier alpha value is -0.790. The lowest BCUT2D eigenvalue weighted by atomic mass is 10.3. The van der Waals surface area contributed by atoms with Crippen LogP contribution in [-0.4, -0.2) is 6.21 Å². The average molecular weight is 95.1 g/mol. The average Bonchev–Trinajstić information content (AvgIpc) is 2.14. The molecule has 2 heteroatoms. The van der Waals surface area contributed by atoms with Gasteiger partial charge in [-0.05, 0) is 12.5 Å². The van der Waals surface area contributed by atoms with E-state index in [1.807, 2.05) is 6.08 Å². The Bertz CT molecular complexity index is 113. The number of allylic oxidation sites excluding steroid dienone is 2. The van der Waals surface area contributed by atoms with Gasteiger partial charge in [0.15, 0.2) is 0 Å². The van der Waals surface area contributed by atoms with Crippen molar-refractivity contribution in [3.05, 3.63) is 11.8 Å². The molecule has 0 N–H and O–H groups in total. The molecule has 1 heterocycles. The van der Waals surface area contributed by atoms with Crippen LogP contribution < -0.4 is 5.43 Å². The zero-order chi connectivity index (χ0) is 5.11. The minimum absolute atomic E-state index is 0.986. The second-order valence-electron chi connectivity index (χ2n) is 1.38. The second-order valence-corrected chi connectivity index (χ2v) is 1.38. The lowest BCUT2D eigenvalue weighted by Gasteiger charge is -1.86. The molecule has 0 aliphatic carbocycles. The Balaban J connectivity index is 2.45. The molecule has 0 spiro atoms. The summed E-state index contributed by atoms with van der Waals surface area (Å²) in [6.07, 6.45) is 4.61. The summed E-state index contributed by atoms with van der Waals surface area (Å²) in [5.41, 5.74) is 4.85. The first kappa shape index (κ1) is 4.37. The number of nitrogens with zero attached hydrogens (tertiary/aromatic N) is 2. The molecule has 0 saturated carbocycles. The van der Waals surface area contributed by atoms with E-state index in [0.717, 1.165) is 12.1 Å². The van der Waals surface area contributed by atoms with Gasteiger partial charge in [0.25, 0.3) is 0 Å². The van der Waals surface area contributed by atoms with E-state index in [1.165, 1.54) is 0 Å². The summed E-state index contributed by atoms with van der Waals surface area (Å²) >= 11 is 0. The molecule has 0 aromatic heterocycles. The van der Waals surface area contributed by atoms with Crippen molar-refractivity contribution in [2.24, 2.45) is 5.10 Å². The summed E-state index contributed by atoms with van der Waals surface area (Å²) in [7, 11) is 0. The van der Waals surface area contributed by atoms with E-state index in [4.69, 9.17) is 0 Å². The van der Waals surface area contributed by atoms with Crippen molar-refractivity contribution in [3.63, 3.8) is 0 Å². The van der Waals surface area contributed by atoms with Crippen LogP contribution in [0.1, 0.15) is 13.3 Å². The summed E-state index contributed by atoms with van der Waals surface area (Å²) in [6.45, 7) is 2.06. The smallest absolute Gasteiger partial charge is 0.0643 e. The van der Waals surface area contributed by atoms with Gasteiger partial charge in [0.05, 0.1) is 11.9 Å². The molecule has 1 aliphatic heterocycles. The molecule has 0 saturated heterocycles. The van der Waals surface area contributed by atoms with Gasteiger partial charge in [0.1, 0.15) is 0 Å². The van der Waals surface area contributed by atoms with E-state index < -0.39 is 0 Å². The zero-order valence-electron chi connectivity index (χ0n) is 4.26. The fourth-order valence-electron chi connectivity index (χ4n) is 0.449. The van der Waals surface area contributed by atoms with E-state index in [0.29, 0.717) is 0 Å². The standard InChI is InChI=1S/C5H7N2/c1-2-5-3-4-6-7-5/h3-4H,2H2,1H3. The molecule has 0 atom stereocenters. The lowest BCUT2D eigenvalue weighted by Crippen LogP contribution is -1.87. The predicted molar refractivity (Wildman–Crippen MR) is 29.0 cm³/mol. The molecule has 0 unspecified atom stereocenters. The highest BCUT2D eigenvalue weighted by Crippen LogP contribution is 1.99. The van der Waals surface area contributed by atoms with Crippen molar-refractivity contribution in [2.75, 3.05) is 0 Å². The van der Waals surface area contributed by atoms with E-state index >= 15 is 0 Å². The third-order valence-electron chi connectivity index (χ3n) is 0.882. The molecular formula is C5H7N2. The summed E-state index contributed by atoms with van der Waals surface area (Å²) in [5, 5.41) is 3.64. The maximum Gasteiger partial charge on any atom is 0.0643 e. The van der Waals surface area contributed by atoms with Crippen LogP contribution in [-0.2, 0) is 0 Å². The number of hydrogen-bond donors (Lipinski definition) is 0. The Morgan fingerprint density at radius 2 is 2.57 bits per heavy atom. The van der Waals surface area contributed by atoms with Gasteiger partial charge in [-0.25, -0.2) is 0 Å². The largest absolute Gasteiger partial charge is 0.159 e. The van der Waals surface area contributed by atoms with Crippen LogP contribution in [0.3, 0.4) is 0 Å². The monoisotopic (exact) mass is 95.1 g/mol. The minimum atomic E-state index is 0.986. The molecule has 2 nitrogen and oxygen atoms in total. The van der Waals surface area contributed by atoms with Crippen LogP contribution in [0.2, 0.25) is 0 Å². The van der Waals surface area contributed by atoms with Crippen molar-refractivity contribution in [3.8, 4) is 0 Å². The Labute approximate surface area is 42.9 Å². The summed E-state index contributed by atoms with van der Waals surface area (Å²) in [5.74, 6) is 0. The fourth-order valence-corrected chi connectivity index (χ4v) is 0.449. The maximum absolute atomic E-state index is 3.78. The highest BCUT2D eigenvalue weighted by atomic mass is 15.3. The predicted octanol–water partition coefficient (Wildman–Crippen LogP) is 0.884. The highest BCUT2D eigenvalue weighted by molar-refractivity contribution is 5.73. The van der Waals surface area contributed by atoms with Crippen molar-refractivity contribution >= 4 is 6.21 Å². The molecule has 1 rings (SSSR count). The van der Waals surface area contributed by atoms with Crippen molar-refractivity contribution < 1.29 is 0 Å². The maximum atomic E-state index is 3.78. The van der Waals surface area contributed by atoms with Crippen molar-refractivity contribution in [2.45, 2.75) is 13.3 Å². The van der Waals surface area contributed by atoms with Crippen LogP contribution >= 0.6 is 0 Å². The zero-order valence-corrected chi connectivity index (χ0v) is 4.26. The van der Waals surface area contributed by atoms with Crippen LogP contribution in [0, 0.1) is 0 Å². The molecule has 37 valence electrons. The van der Waals surface area contributed by atoms with Gasteiger partial charge in [-0.3, -0.25) is 0 Å². The highest BCUT2D eigenvalue weighted by Gasteiger charge is 1.94. The van der Waals surface area contributed by atoms with Gasteiger partial charge in [-0.1, -0.05) is 6.92 Å². The third kappa shape index (κ3) is 0.796. The Morgan fingerprint density at radius 3 is 2.86 bits per heavy atom. The van der Waals surface area contributed by atoms with Crippen molar-refractivity contribution in [1.82, 2.24) is 5.43 Å². The molecule has 0 bridgehead atoms. The van der Waals surface area contributed by atoms with Crippen molar-refractivity contribution in [1.29, 1.82) is 0 Å². The van der Waals surface area contributed by atoms with Crippen LogP contribution in [0.25, 0.3) is 0 Å². The first-order valence-electron chi connectivity index (χ1n) is 2.36. The second kappa shape index (κ2) is 1.78. The van der Waals surface area contributed by atoms with Crippen LogP contribution in [0.4, 0.5) is 0 Å². The van der Waals surface area contributed by atoms with Crippen LogP contribution in [0.5, 0.6) is 0 Å². The SMILES string of the molecule is CCC1=CC=N[N]1. The molecule has 0 aromatic carbocycles. The topological polar surface area (TPSA) is 26.5 Å². The Kier molecular flexibility index (Phi) is 1.11. The van der Waals surface area contributed by atoms with E-state index in [-0.39, 0.29) is 0 Å². The minimum Gasteiger partial charge on any atom is -0.159 e. The number of rotatable bonds is 1. The normalized spacial score (nSPS) is 16.4. The molecule has 0 amide bonds. The van der Waals surface area contributed by atoms with Gasteiger partial charge < -0.3 is 0 Å². The summed E-state index contributed by atoms with van der Waals surface area (Å²) in [6, 6.07) is 0. The fraction of sp³-hybridized carbons (Fsp3) is 0.400. The van der Waals surface area contributed by atoms with Gasteiger partial charge in [-0.2, -0.15) is 10.5 Å².